The maximum Gasteiger partial charge on any atom is 0.209 e. The standard InChI is InChI=1S/C14H21N5O2S/c1-19-14(16-17-18-19)22-8-4-7-15-10-11-5-6-12(20-2)9-13(11)21-3/h5-6,9,15H,4,7-8,10H2,1-3H3/p+1. The van der Waals surface area contributed by atoms with Gasteiger partial charge in [-0.2, -0.15) is 0 Å². The van der Waals surface area contributed by atoms with Crippen LogP contribution in [0.5, 0.6) is 11.5 Å². The monoisotopic (exact) mass is 324 g/mol. The summed E-state index contributed by atoms with van der Waals surface area (Å²) in [5.41, 5.74) is 1.17. The molecule has 2 rings (SSSR count). The van der Waals surface area contributed by atoms with Crippen molar-refractivity contribution in [3.63, 3.8) is 0 Å². The molecular formula is C14H22N5O2S+. The van der Waals surface area contributed by atoms with Crippen molar-refractivity contribution in [2.45, 2.75) is 18.1 Å². The van der Waals surface area contributed by atoms with E-state index in [9.17, 15) is 0 Å². The lowest BCUT2D eigenvalue weighted by molar-refractivity contribution is -0.670. The zero-order valence-corrected chi connectivity index (χ0v) is 14.0. The molecule has 0 aliphatic heterocycles. The molecule has 0 saturated heterocycles. The predicted octanol–water partition coefficient (Wildman–Crippen LogP) is 0.473. The first-order chi connectivity index (χ1) is 10.7. The van der Waals surface area contributed by atoms with Crippen LogP contribution in [0.3, 0.4) is 0 Å². The summed E-state index contributed by atoms with van der Waals surface area (Å²) in [5, 5.41) is 14.5. The van der Waals surface area contributed by atoms with Crippen LogP contribution in [0.4, 0.5) is 0 Å². The van der Waals surface area contributed by atoms with E-state index < -0.39 is 0 Å². The molecule has 2 N–H and O–H groups in total. The van der Waals surface area contributed by atoms with Gasteiger partial charge in [0.1, 0.15) is 18.0 Å². The predicted molar refractivity (Wildman–Crippen MR) is 84.2 cm³/mol. The zero-order chi connectivity index (χ0) is 15.8. The number of thioether (sulfide) groups is 1. The van der Waals surface area contributed by atoms with Gasteiger partial charge in [0.2, 0.25) is 5.16 Å². The highest BCUT2D eigenvalue weighted by atomic mass is 32.2. The Bertz CT molecular complexity index is 590. The number of aryl methyl sites for hydroxylation is 1. The Labute approximate surface area is 134 Å². The second-order valence-corrected chi connectivity index (χ2v) is 5.81. The minimum Gasteiger partial charge on any atom is -0.497 e. The molecule has 120 valence electrons. The van der Waals surface area contributed by atoms with Crippen molar-refractivity contribution >= 4 is 11.8 Å². The number of tetrazole rings is 1. The number of quaternary nitrogens is 1. The first-order valence-electron chi connectivity index (χ1n) is 7.12. The Hall–Kier alpha value is -1.80. The molecular weight excluding hydrogens is 302 g/mol. The van der Waals surface area contributed by atoms with Gasteiger partial charge in [-0.25, -0.2) is 4.68 Å². The van der Waals surface area contributed by atoms with Crippen LogP contribution in [0.15, 0.2) is 23.4 Å². The normalized spacial score (nSPS) is 10.7. The van der Waals surface area contributed by atoms with E-state index in [-0.39, 0.29) is 0 Å². The second-order valence-electron chi connectivity index (χ2n) is 4.75. The molecule has 0 amide bonds. The minimum absolute atomic E-state index is 0.814. The van der Waals surface area contributed by atoms with Gasteiger partial charge in [0.25, 0.3) is 0 Å². The third-order valence-electron chi connectivity index (χ3n) is 3.22. The summed E-state index contributed by atoms with van der Waals surface area (Å²) in [5.74, 6) is 2.69. The molecule has 1 heterocycles. The van der Waals surface area contributed by atoms with E-state index >= 15 is 0 Å². The highest BCUT2D eigenvalue weighted by molar-refractivity contribution is 7.99. The average molecular weight is 324 g/mol. The van der Waals surface area contributed by atoms with Gasteiger partial charge in [0.15, 0.2) is 0 Å². The van der Waals surface area contributed by atoms with E-state index in [0.717, 1.165) is 41.9 Å². The molecule has 0 atom stereocenters. The van der Waals surface area contributed by atoms with Crippen molar-refractivity contribution < 1.29 is 14.8 Å². The number of nitrogens with two attached hydrogens (primary N) is 1. The molecule has 0 radical (unpaired) electrons. The summed E-state index contributed by atoms with van der Waals surface area (Å²) < 4.78 is 12.3. The van der Waals surface area contributed by atoms with Crippen molar-refractivity contribution in [1.29, 1.82) is 0 Å². The molecule has 0 aliphatic carbocycles. The third-order valence-corrected chi connectivity index (χ3v) is 4.32. The first kappa shape index (κ1) is 16.6. The summed E-state index contributed by atoms with van der Waals surface area (Å²) >= 11 is 1.68. The van der Waals surface area contributed by atoms with Crippen molar-refractivity contribution in [3.8, 4) is 11.5 Å². The van der Waals surface area contributed by atoms with Crippen molar-refractivity contribution in [1.82, 2.24) is 20.2 Å². The van der Waals surface area contributed by atoms with Crippen LogP contribution in [-0.4, -0.2) is 46.7 Å². The lowest BCUT2D eigenvalue weighted by Gasteiger charge is -2.09. The lowest BCUT2D eigenvalue weighted by Crippen LogP contribution is -2.82. The van der Waals surface area contributed by atoms with Crippen LogP contribution in [0.25, 0.3) is 0 Å². The van der Waals surface area contributed by atoms with Gasteiger partial charge in [0, 0.05) is 30.9 Å². The van der Waals surface area contributed by atoms with Crippen LogP contribution < -0.4 is 14.8 Å². The first-order valence-corrected chi connectivity index (χ1v) is 8.11. The van der Waals surface area contributed by atoms with Gasteiger partial charge in [-0.05, 0) is 22.6 Å². The summed E-state index contributed by atoms with van der Waals surface area (Å²) in [6.45, 7) is 1.94. The van der Waals surface area contributed by atoms with Crippen molar-refractivity contribution in [2.75, 3.05) is 26.5 Å². The molecule has 0 unspecified atom stereocenters. The number of rotatable bonds is 9. The Kier molecular flexibility index (Phi) is 6.47. The Balaban J connectivity index is 1.69. The zero-order valence-electron chi connectivity index (χ0n) is 13.2. The van der Waals surface area contributed by atoms with Crippen LogP contribution in [0.1, 0.15) is 12.0 Å². The van der Waals surface area contributed by atoms with Crippen molar-refractivity contribution in [2.24, 2.45) is 7.05 Å². The molecule has 0 bridgehead atoms. The average Bonchev–Trinajstić information content (AvgIpc) is 2.96. The smallest absolute Gasteiger partial charge is 0.209 e. The molecule has 0 saturated carbocycles. The van der Waals surface area contributed by atoms with Gasteiger partial charge in [0.05, 0.1) is 20.8 Å². The fourth-order valence-corrected chi connectivity index (χ4v) is 2.82. The summed E-state index contributed by atoms with van der Waals surface area (Å²) in [4.78, 5) is 0. The number of benzene rings is 1. The fraction of sp³-hybridized carbons (Fsp3) is 0.500. The largest absolute Gasteiger partial charge is 0.497 e. The Morgan fingerprint density at radius 1 is 1.27 bits per heavy atom. The second kappa shape index (κ2) is 8.60. The maximum atomic E-state index is 5.40. The van der Waals surface area contributed by atoms with E-state index in [1.807, 2.05) is 25.2 Å². The van der Waals surface area contributed by atoms with Crippen LogP contribution >= 0.6 is 11.8 Å². The molecule has 0 spiro atoms. The molecule has 1 aromatic heterocycles. The van der Waals surface area contributed by atoms with E-state index in [1.54, 1.807) is 30.7 Å². The molecule has 8 heteroatoms. The number of nitrogens with zero attached hydrogens (tertiary/aromatic N) is 4. The lowest BCUT2D eigenvalue weighted by atomic mass is 10.2. The van der Waals surface area contributed by atoms with E-state index in [2.05, 4.69) is 20.8 Å². The Morgan fingerprint density at radius 3 is 2.82 bits per heavy atom. The van der Waals surface area contributed by atoms with E-state index in [1.165, 1.54) is 5.56 Å². The van der Waals surface area contributed by atoms with Gasteiger partial charge >= 0.3 is 0 Å². The number of methoxy groups -OCH3 is 2. The summed E-state index contributed by atoms with van der Waals surface area (Å²) in [7, 11) is 5.19. The number of ether oxygens (including phenoxy) is 2. The number of hydrogen-bond donors (Lipinski definition) is 1. The van der Waals surface area contributed by atoms with E-state index in [4.69, 9.17) is 9.47 Å². The molecule has 0 fully saturated rings. The molecule has 7 nitrogen and oxygen atoms in total. The highest BCUT2D eigenvalue weighted by Crippen LogP contribution is 2.23. The quantitative estimate of drug-likeness (QED) is 0.534. The number of aromatic nitrogens is 4. The van der Waals surface area contributed by atoms with Gasteiger partial charge in [-0.1, -0.05) is 11.8 Å². The minimum atomic E-state index is 0.814. The van der Waals surface area contributed by atoms with Gasteiger partial charge < -0.3 is 14.8 Å². The van der Waals surface area contributed by atoms with Crippen LogP contribution in [0.2, 0.25) is 0 Å². The Morgan fingerprint density at radius 2 is 2.14 bits per heavy atom. The fourth-order valence-electron chi connectivity index (χ4n) is 2.01. The van der Waals surface area contributed by atoms with Gasteiger partial charge in [-0.3, -0.25) is 0 Å². The summed E-state index contributed by atoms with van der Waals surface area (Å²) in [6.07, 6.45) is 1.09. The van der Waals surface area contributed by atoms with Crippen LogP contribution in [-0.2, 0) is 13.6 Å². The molecule has 0 aliphatic rings. The van der Waals surface area contributed by atoms with Gasteiger partial charge in [-0.15, -0.1) is 5.10 Å². The SMILES string of the molecule is COc1ccc(C[NH2+]CCCSc2nnnn2C)c(OC)c1. The third kappa shape index (κ3) is 4.60. The van der Waals surface area contributed by atoms with Crippen molar-refractivity contribution in [3.05, 3.63) is 23.8 Å². The molecule has 1 aromatic carbocycles. The maximum absolute atomic E-state index is 5.40. The molecule has 2 aromatic rings. The highest BCUT2D eigenvalue weighted by Gasteiger charge is 2.07. The summed E-state index contributed by atoms with van der Waals surface area (Å²) in [6, 6.07) is 5.93. The molecule has 22 heavy (non-hydrogen) atoms. The number of hydrogen-bond acceptors (Lipinski definition) is 6. The van der Waals surface area contributed by atoms with E-state index in [0.29, 0.717) is 0 Å². The van der Waals surface area contributed by atoms with Crippen LogP contribution in [0, 0.1) is 0 Å². The topological polar surface area (TPSA) is 78.7 Å².